The van der Waals surface area contributed by atoms with Gasteiger partial charge >= 0.3 is 7.05 Å². The minimum atomic E-state index is -0.552. The number of anilines is 1. The molecular formula is C24H29BFN3O2. The first-order chi connectivity index (χ1) is 15.1. The molecule has 0 saturated heterocycles. The zero-order valence-corrected chi connectivity index (χ0v) is 17.9. The maximum Gasteiger partial charge on any atom is 0.409 e. The monoisotopic (exact) mass is 421 g/mol. The van der Waals surface area contributed by atoms with Gasteiger partial charge in [0.1, 0.15) is 17.7 Å². The van der Waals surface area contributed by atoms with Gasteiger partial charge < -0.3 is 24.9 Å². The molecule has 0 radical (unpaired) electrons. The van der Waals surface area contributed by atoms with Crippen molar-refractivity contribution >= 4 is 23.6 Å². The van der Waals surface area contributed by atoms with E-state index in [2.05, 4.69) is 16.5 Å². The Morgan fingerprint density at radius 3 is 2.81 bits per heavy atom. The van der Waals surface area contributed by atoms with Crippen LogP contribution in [-0.4, -0.2) is 42.3 Å². The lowest BCUT2D eigenvalue weighted by molar-refractivity contribution is 0.183. The van der Waals surface area contributed by atoms with Gasteiger partial charge in [0.25, 0.3) is 0 Å². The Balaban J connectivity index is 1.17. The van der Waals surface area contributed by atoms with E-state index in [1.807, 2.05) is 35.1 Å². The molecule has 2 aliphatic rings. The Labute approximate surface area is 182 Å². The molecule has 1 atom stereocenters. The minimum Gasteiger partial charge on any atom is -0.485 e. The Bertz CT molecular complexity index is 1050. The standard InChI is InChI=1S/C24H29BFN3O2/c1-25(30)29-15-19(31-24-5-3-2-4-23(24)29)13-27-18-9-6-16(7-10-18)21-14-28-22-11-8-17(26)12-20(21)22/h2-5,8,11-12,14,16,18-19,27-28,30H,6-7,9-10,13,15H2,1H3. The number of rotatable bonds is 5. The number of aromatic amines is 1. The maximum atomic E-state index is 13.7. The highest BCUT2D eigenvalue weighted by Gasteiger charge is 2.31. The van der Waals surface area contributed by atoms with Gasteiger partial charge in [-0.15, -0.1) is 0 Å². The van der Waals surface area contributed by atoms with Crippen molar-refractivity contribution in [1.82, 2.24) is 10.3 Å². The van der Waals surface area contributed by atoms with Crippen LogP contribution in [0.25, 0.3) is 10.9 Å². The second kappa shape index (κ2) is 8.56. The van der Waals surface area contributed by atoms with E-state index in [0.717, 1.165) is 54.6 Å². The van der Waals surface area contributed by atoms with Gasteiger partial charge in [-0.1, -0.05) is 12.1 Å². The molecule has 1 unspecified atom stereocenters. The normalized spacial score (nSPS) is 23.5. The molecule has 0 spiro atoms. The molecule has 1 aliphatic heterocycles. The summed E-state index contributed by atoms with van der Waals surface area (Å²) < 4.78 is 19.9. The topological polar surface area (TPSA) is 60.5 Å². The molecule has 2 heterocycles. The molecule has 0 amide bonds. The number of H-pyrrole nitrogens is 1. The third kappa shape index (κ3) is 4.17. The van der Waals surface area contributed by atoms with Gasteiger partial charge in [-0.2, -0.15) is 0 Å². The Hall–Kier alpha value is -2.51. The highest BCUT2D eigenvalue weighted by molar-refractivity contribution is 6.54. The number of hydrogen-bond donors (Lipinski definition) is 3. The summed E-state index contributed by atoms with van der Waals surface area (Å²) >= 11 is 0. The second-order valence-electron chi connectivity index (χ2n) is 8.88. The third-order valence-corrected chi connectivity index (χ3v) is 6.80. The number of halogens is 1. The van der Waals surface area contributed by atoms with Gasteiger partial charge in [-0.3, -0.25) is 0 Å². The van der Waals surface area contributed by atoms with Crippen LogP contribution < -0.4 is 14.9 Å². The summed E-state index contributed by atoms with van der Waals surface area (Å²) in [5, 5.41) is 14.9. The highest BCUT2D eigenvalue weighted by Crippen LogP contribution is 2.37. The second-order valence-corrected chi connectivity index (χ2v) is 8.88. The van der Waals surface area contributed by atoms with Gasteiger partial charge in [0, 0.05) is 36.2 Å². The van der Waals surface area contributed by atoms with Crippen LogP contribution in [0.5, 0.6) is 5.75 Å². The molecule has 5 nitrogen and oxygen atoms in total. The maximum absolute atomic E-state index is 13.7. The average Bonchev–Trinajstić information content (AvgIpc) is 3.20. The van der Waals surface area contributed by atoms with Crippen molar-refractivity contribution in [3.8, 4) is 5.75 Å². The molecule has 1 aromatic heterocycles. The Morgan fingerprint density at radius 1 is 1.19 bits per heavy atom. The van der Waals surface area contributed by atoms with Crippen molar-refractivity contribution < 1.29 is 14.2 Å². The molecule has 1 aliphatic carbocycles. The quantitative estimate of drug-likeness (QED) is 0.538. The highest BCUT2D eigenvalue weighted by atomic mass is 19.1. The summed E-state index contributed by atoms with van der Waals surface area (Å²) in [7, 11) is -0.552. The number of aromatic nitrogens is 1. The molecule has 3 aromatic rings. The van der Waals surface area contributed by atoms with Crippen molar-refractivity contribution in [3.63, 3.8) is 0 Å². The number of fused-ring (bicyclic) bond motifs is 2. The zero-order chi connectivity index (χ0) is 21.4. The summed E-state index contributed by atoms with van der Waals surface area (Å²) in [6, 6.07) is 13.3. The number of nitrogens with zero attached hydrogens (tertiary/aromatic N) is 1. The minimum absolute atomic E-state index is 0.00110. The average molecular weight is 421 g/mol. The predicted molar refractivity (Wildman–Crippen MR) is 123 cm³/mol. The van der Waals surface area contributed by atoms with Gasteiger partial charge in [-0.25, -0.2) is 4.39 Å². The van der Waals surface area contributed by atoms with Gasteiger partial charge in [0.15, 0.2) is 0 Å². The van der Waals surface area contributed by atoms with Crippen LogP contribution in [0.4, 0.5) is 10.1 Å². The Kier molecular flexibility index (Phi) is 5.63. The molecule has 0 bridgehead atoms. The van der Waals surface area contributed by atoms with E-state index >= 15 is 0 Å². The summed E-state index contributed by atoms with van der Waals surface area (Å²) in [5.41, 5.74) is 3.20. The molecule has 5 rings (SSSR count). The van der Waals surface area contributed by atoms with Crippen LogP contribution in [0, 0.1) is 5.82 Å². The molecule has 7 heteroatoms. The Morgan fingerprint density at radius 2 is 2.00 bits per heavy atom. The summed E-state index contributed by atoms with van der Waals surface area (Å²) in [6.07, 6.45) is 6.43. The fraction of sp³-hybridized carbons (Fsp3) is 0.417. The zero-order valence-electron chi connectivity index (χ0n) is 17.9. The summed E-state index contributed by atoms with van der Waals surface area (Å²) in [4.78, 5) is 5.29. The van der Waals surface area contributed by atoms with E-state index in [4.69, 9.17) is 4.74 Å². The fourth-order valence-corrected chi connectivity index (χ4v) is 5.15. The van der Waals surface area contributed by atoms with Crippen LogP contribution in [0.1, 0.15) is 37.2 Å². The van der Waals surface area contributed by atoms with E-state index in [1.165, 1.54) is 11.6 Å². The first-order valence-electron chi connectivity index (χ1n) is 11.3. The number of ether oxygens (including phenoxy) is 1. The van der Waals surface area contributed by atoms with Gasteiger partial charge in [-0.05, 0) is 74.3 Å². The van der Waals surface area contributed by atoms with Gasteiger partial charge in [0.2, 0.25) is 0 Å². The van der Waals surface area contributed by atoms with Crippen molar-refractivity contribution in [2.24, 2.45) is 0 Å². The van der Waals surface area contributed by atoms with Crippen molar-refractivity contribution in [2.45, 2.75) is 50.6 Å². The summed E-state index contributed by atoms with van der Waals surface area (Å²) in [5.74, 6) is 1.12. The van der Waals surface area contributed by atoms with E-state index < -0.39 is 7.05 Å². The first kappa shape index (κ1) is 20.4. The molecule has 1 fully saturated rings. The van der Waals surface area contributed by atoms with Crippen LogP contribution in [-0.2, 0) is 0 Å². The number of nitrogens with one attached hydrogen (secondary N) is 2. The number of hydrogen-bond acceptors (Lipinski definition) is 4. The van der Waals surface area contributed by atoms with Crippen LogP contribution in [0.15, 0.2) is 48.7 Å². The van der Waals surface area contributed by atoms with Gasteiger partial charge in [0.05, 0.1) is 5.69 Å². The molecule has 31 heavy (non-hydrogen) atoms. The van der Waals surface area contributed by atoms with E-state index in [-0.39, 0.29) is 11.9 Å². The lowest BCUT2D eigenvalue weighted by Gasteiger charge is -2.38. The van der Waals surface area contributed by atoms with Crippen LogP contribution >= 0.6 is 0 Å². The van der Waals surface area contributed by atoms with Crippen molar-refractivity contribution in [3.05, 3.63) is 60.0 Å². The van der Waals surface area contributed by atoms with Crippen LogP contribution in [0.2, 0.25) is 6.82 Å². The lowest BCUT2D eigenvalue weighted by Crippen LogP contribution is -2.51. The largest absolute Gasteiger partial charge is 0.485 e. The van der Waals surface area contributed by atoms with E-state index in [0.29, 0.717) is 18.5 Å². The number of para-hydroxylation sites is 2. The molecule has 3 N–H and O–H groups in total. The molecule has 162 valence electrons. The van der Waals surface area contributed by atoms with E-state index in [9.17, 15) is 9.41 Å². The first-order valence-corrected chi connectivity index (χ1v) is 11.3. The molecular weight excluding hydrogens is 392 g/mol. The molecule has 1 saturated carbocycles. The number of benzene rings is 2. The van der Waals surface area contributed by atoms with E-state index in [1.54, 1.807) is 12.9 Å². The predicted octanol–water partition coefficient (Wildman–Crippen LogP) is 4.30. The fourth-order valence-electron chi connectivity index (χ4n) is 5.15. The van der Waals surface area contributed by atoms with Crippen LogP contribution in [0.3, 0.4) is 0 Å². The molecule has 2 aromatic carbocycles. The van der Waals surface area contributed by atoms with Crippen molar-refractivity contribution in [1.29, 1.82) is 0 Å². The summed E-state index contributed by atoms with van der Waals surface area (Å²) in [6.45, 7) is 3.22. The van der Waals surface area contributed by atoms with Crippen molar-refractivity contribution in [2.75, 3.05) is 17.9 Å². The third-order valence-electron chi connectivity index (χ3n) is 6.80. The smallest absolute Gasteiger partial charge is 0.409 e. The SMILES string of the molecule is CB(O)N1CC(CNC2CCC(c3c[nH]c4ccc(F)cc34)CC2)Oc2ccccc21. The lowest BCUT2D eigenvalue weighted by atomic mass is 9.81.